The van der Waals surface area contributed by atoms with Crippen LogP contribution in [0.3, 0.4) is 0 Å². The molecule has 0 saturated heterocycles. The van der Waals surface area contributed by atoms with Crippen molar-refractivity contribution >= 4 is 10.8 Å². The highest BCUT2D eigenvalue weighted by atomic mass is 16.3. The smallest absolute Gasteiger partial charge is 0.0448 e. The highest BCUT2D eigenvalue weighted by molar-refractivity contribution is 5.84. The van der Waals surface area contributed by atoms with Crippen LogP contribution in [-0.2, 0) is 6.54 Å². The van der Waals surface area contributed by atoms with E-state index in [4.69, 9.17) is 5.11 Å². The van der Waals surface area contributed by atoms with Gasteiger partial charge in [-0.1, -0.05) is 31.2 Å². The van der Waals surface area contributed by atoms with Crippen LogP contribution in [0.4, 0.5) is 0 Å². The third-order valence-electron chi connectivity index (χ3n) is 3.90. The second kappa shape index (κ2) is 6.13. The second-order valence-electron chi connectivity index (χ2n) is 5.26. The third kappa shape index (κ3) is 3.31. The Bertz CT molecular complexity index is 536. The maximum atomic E-state index is 9.15. The molecule has 0 aliphatic rings. The van der Waals surface area contributed by atoms with Gasteiger partial charge in [-0.2, -0.15) is 0 Å². The topological polar surface area (TPSA) is 45.1 Å². The summed E-state index contributed by atoms with van der Waals surface area (Å²) in [5, 5.41) is 15.1. The predicted molar refractivity (Wildman–Crippen MR) is 79.0 cm³/mol. The van der Waals surface area contributed by atoms with Crippen LogP contribution in [0.1, 0.15) is 32.3 Å². The van der Waals surface area contributed by atoms with Crippen LogP contribution in [0.5, 0.6) is 0 Å². The van der Waals surface area contributed by atoms with E-state index >= 15 is 0 Å². The third-order valence-corrected chi connectivity index (χ3v) is 3.90. The Labute approximate surface area is 114 Å². The Kier molecular flexibility index (Phi) is 4.51. The summed E-state index contributed by atoms with van der Waals surface area (Å²) in [4.78, 5) is 4.30. The molecule has 1 unspecified atom stereocenters. The molecule has 1 heterocycles. The van der Waals surface area contributed by atoms with Crippen molar-refractivity contribution in [2.75, 3.05) is 6.61 Å². The lowest BCUT2D eigenvalue weighted by molar-refractivity contribution is 0.214. The van der Waals surface area contributed by atoms with Crippen molar-refractivity contribution in [3.63, 3.8) is 0 Å². The van der Waals surface area contributed by atoms with E-state index in [1.54, 1.807) is 0 Å². The maximum Gasteiger partial charge on any atom is 0.0448 e. The van der Waals surface area contributed by atoms with E-state index < -0.39 is 0 Å². The number of aromatic nitrogens is 1. The number of nitrogens with zero attached hydrogens (tertiary/aromatic N) is 1. The standard InChI is InChI=1S/C16H22N2O/c1-3-16(2,8-9-19)18-12-14-11-17-10-13-6-4-5-7-15(13)14/h4-7,10-11,18-19H,3,8-9,12H2,1-2H3. The number of hydrogen-bond donors (Lipinski definition) is 2. The first-order valence-corrected chi connectivity index (χ1v) is 6.86. The minimum Gasteiger partial charge on any atom is -0.396 e. The van der Waals surface area contributed by atoms with E-state index in [-0.39, 0.29) is 12.1 Å². The van der Waals surface area contributed by atoms with Crippen LogP contribution in [0.2, 0.25) is 0 Å². The van der Waals surface area contributed by atoms with Crippen LogP contribution in [0.15, 0.2) is 36.7 Å². The van der Waals surface area contributed by atoms with Crippen molar-refractivity contribution in [2.24, 2.45) is 0 Å². The summed E-state index contributed by atoms with van der Waals surface area (Å²) in [6.45, 7) is 5.29. The minimum atomic E-state index is -0.0221. The molecule has 3 heteroatoms. The molecule has 2 N–H and O–H groups in total. The fourth-order valence-electron chi connectivity index (χ4n) is 2.27. The molecule has 0 bridgehead atoms. The highest BCUT2D eigenvalue weighted by Crippen LogP contribution is 2.19. The summed E-state index contributed by atoms with van der Waals surface area (Å²) in [6, 6.07) is 8.30. The van der Waals surface area contributed by atoms with Gasteiger partial charge in [-0.05, 0) is 30.7 Å². The van der Waals surface area contributed by atoms with Gasteiger partial charge >= 0.3 is 0 Å². The number of benzene rings is 1. The lowest BCUT2D eigenvalue weighted by atomic mass is 9.94. The molecule has 0 fully saturated rings. The zero-order valence-electron chi connectivity index (χ0n) is 11.7. The summed E-state index contributed by atoms with van der Waals surface area (Å²) in [5.74, 6) is 0. The lowest BCUT2D eigenvalue weighted by Crippen LogP contribution is -2.42. The fourth-order valence-corrected chi connectivity index (χ4v) is 2.27. The summed E-state index contributed by atoms with van der Waals surface area (Å²) < 4.78 is 0. The minimum absolute atomic E-state index is 0.0221. The monoisotopic (exact) mass is 258 g/mol. The van der Waals surface area contributed by atoms with Gasteiger partial charge in [-0.25, -0.2) is 0 Å². The molecule has 19 heavy (non-hydrogen) atoms. The van der Waals surface area contributed by atoms with Gasteiger partial charge < -0.3 is 10.4 Å². The molecule has 0 aliphatic heterocycles. The normalized spacial score (nSPS) is 14.5. The molecule has 0 radical (unpaired) electrons. The Balaban J connectivity index is 2.17. The van der Waals surface area contributed by atoms with Crippen molar-refractivity contribution in [2.45, 2.75) is 38.8 Å². The molecule has 102 valence electrons. The molecule has 0 amide bonds. The average molecular weight is 258 g/mol. The molecular formula is C16H22N2O. The highest BCUT2D eigenvalue weighted by Gasteiger charge is 2.20. The molecule has 0 saturated carbocycles. The number of fused-ring (bicyclic) bond motifs is 1. The number of nitrogens with one attached hydrogen (secondary N) is 1. The maximum absolute atomic E-state index is 9.15. The van der Waals surface area contributed by atoms with Crippen LogP contribution < -0.4 is 5.32 Å². The Morgan fingerprint density at radius 1 is 1.26 bits per heavy atom. The predicted octanol–water partition coefficient (Wildman–Crippen LogP) is 2.88. The van der Waals surface area contributed by atoms with E-state index in [1.165, 1.54) is 16.3 Å². The number of rotatable bonds is 6. The number of aliphatic hydroxyl groups excluding tert-OH is 1. The molecule has 0 aliphatic carbocycles. The molecule has 1 aromatic heterocycles. The van der Waals surface area contributed by atoms with Gasteiger partial charge in [0, 0.05) is 36.5 Å². The van der Waals surface area contributed by atoms with Gasteiger partial charge in [0.1, 0.15) is 0 Å². The van der Waals surface area contributed by atoms with Gasteiger partial charge in [0.25, 0.3) is 0 Å². The largest absolute Gasteiger partial charge is 0.396 e. The molecule has 1 atom stereocenters. The van der Waals surface area contributed by atoms with Crippen molar-refractivity contribution in [1.82, 2.24) is 10.3 Å². The van der Waals surface area contributed by atoms with Gasteiger partial charge in [-0.3, -0.25) is 4.98 Å². The lowest BCUT2D eigenvalue weighted by Gasteiger charge is -2.29. The molecular weight excluding hydrogens is 236 g/mol. The average Bonchev–Trinajstić information content (AvgIpc) is 2.45. The number of pyridine rings is 1. The van der Waals surface area contributed by atoms with Gasteiger partial charge in [0.15, 0.2) is 0 Å². The number of aliphatic hydroxyl groups is 1. The Hall–Kier alpha value is -1.45. The van der Waals surface area contributed by atoms with Gasteiger partial charge in [-0.15, -0.1) is 0 Å². The van der Waals surface area contributed by atoms with E-state index in [2.05, 4.69) is 42.3 Å². The first-order chi connectivity index (χ1) is 9.18. The van der Waals surface area contributed by atoms with E-state index in [9.17, 15) is 0 Å². The van der Waals surface area contributed by atoms with E-state index in [0.29, 0.717) is 0 Å². The Morgan fingerprint density at radius 3 is 2.79 bits per heavy atom. The Morgan fingerprint density at radius 2 is 2.05 bits per heavy atom. The summed E-state index contributed by atoms with van der Waals surface area (Å²) in [6.07, 6.45) is 5.57. The molecule has 1 aromatic carbocycles. The zero-order chi connectivity index (χ0) is 13.7. The number of hydrogen-bond acceptors (Lipinski definition) is 3. The SMILES string of the molecule is CCC(C)(CCO)NCc1cncc2ccccc12. The fraction of sp³-hybridized carbons (Fsp3) is 0.438. The summed E-state index contributed by atoms with van der Waals surface area (Å²) >= 11 is 0. The quantitative estimate of drug-likeness (QED) is 0.837. The molecule has 2 aromatic rings. The van der Waals surface area contributed by atoms with Crippen molar-refractivity contribution in [3.05, 3.63) is 42.2 Å². The molecule has 3 nitrogen and oxygen atoms in total. The van der Waals surface area contributed by atoms with Crippen molar-refractivity contribution in [3.8, 4) is 0 Å². The summed E-state index contributed by atoms with van der Waals surface area (Å²) in [5.41, 5.74) is 1.18. The van der Waals surface area contributed by atoms with Crippen LogP contribution >= 0.6 is 0 Å². The zero-order valence-corrected chi connectivity index (χ0v) is 11.7. The van der Waals surface area contributed by atoms with Crippen molar-refractivity contribution in [1.29, 1.82) is 0 Å². The van der Waals surface area contributed by atoms with Crippen LogP contribution in [0.25, 0.3) is 10.8 Å². The van der Waals surface area contributed by atoms with E-state index in [0.717, 1.165) is 19.4 Å². The van der Waals surface area contributed by atoms with Crippen molar-refractivity contribution < 1.29 is 5.11 Å². The van der Waals surface area contributed by atoms with Gasteiger partial charge in [0.05, 0.1) is 0 Å². The first kappa shape index (κ1) is 14.0. The van der Waals surface area contributed by atoms with Crippen LogP contribution in [-0.4, -0.2) is 22.2 Å². The second-order valence-corrected chi connectivity index (χ2v) is 5.26. The summed E-state index contributed by atoms with van der Waals surface area (Å²) in [7, 11) is 0. The molecule has 2 rings (SSSR count). The van der Waals surface area contributed by atoms with Crippen LogP contribution in [0, 0.1) is 0 Å². The van der Waals surface area contributed by atoms with E-state index in [1.807, 2.05) is 18.5 Å². The van der Waals surface area contributed by atoms with Gasteiger partial charge in [0.2, 0.25) is 0 Å². The first-order valence-electron chi connectivity index (χ1n) is 6.86. The molecule has 0 spiro atoms.